The van der Waals surface area contributed by atoms with E-state index in [1.54, 1.807) is 16.7 Å². The molecule has 0 bridgehead atoms. The number of carboxylic acid groups (broad SMARTS) is 1. The van der Waals surface area contributed by atoms with Gasteiger partial charge >= 0.3 is 5.97 Å². The average molecular weight is 372 g/mol. The fourth-order valence-corrected chi connectivity index (χ4v) is 4.06. The zero-order valence-corrected chi connectivity index (χ0v) is 15.8. The number of fused-ring (bicyclic) bond motifs is 1. The summed E-state index contributed by atoms with van der Waals surface area (Å²) in [6.07, 6.45) is 2.47. The van der Waals surface area contributed by atoms with E-state index >= 15 is 0 Å². The lowest BCUT2D eigenvalue weighted by molar-refractivity contribution is -0.137. The highest BCUT2D eigenvalue weighted by Gasteiger charge is 2.38. The number of carboxylic acids is 1. The van der Waals surface area contributed by atoms with Gasteiger partial charge < -0.3 is 14.7 Å². The van der Waals surface area contributed by atoms with Crippen LogP contribution in [0, 0.1) is 6.92 Å². The van der Waals surface area contributed by atoms with Crippen molar-refractivity contribution < 1.29 is 19.4 Å². The Bertz CT molecular complexity index is 918. The van der Waals surface area contributed by atoms with Gasteiger partial charge in [0.05, 0.1) is 29.2 Å². The number of ether oxygens (including phenoxy) is 1. The van der Waals surface area contributed by atoms with Gasteiger partial charge in [-0.15, -0.1) is 0 Å². The molecule has 2 atom stereocenters. The normalized spacial score (nSPS) is 22.6. The van der Waals surface area contributed by atoms with Crippen molar-refractivity contribution in [1.29, 1.82) is 0 Å². The minimum atomic E-state index is -0.911. The number of aryl methyl sites for hydroxylation is 2. The van der Waals surface area contributed by atoms with E-state index in [2.05, 4.69) is 5.10 Å². The van der Waals surface area contributed by atoms with E-state index < -0.39 is 5.97 Å². The van der Waals surface area contributed by atoms with Crippen LogP contribution < -0.4 is 0 Å². The molecule has 2 aromatic heterocycles. The number of pyridine rings is 1. The molecule has 2 unspecified atom stereocenters. The van der Waals surface area contributed by atoms with Crippen LogP contribution in [0.5, 0.6) is 0 Å². The van der Waals surface area contributed by atoms with Crippen molar-refractivity contribution in [2.75, 3.05) is 13.7 Å². The van der Waals surface area contributed by atoms with Gasteiger partial charge in [0, 0.05) is 38.4 Å². The SMILES string of the molecule is COC1CC(CC(=O)O)N(C(=O)c2cc(C3CC3)nc3c2c(C)nn3C)C1. The van der Waals surface area contributed by atoms with Crippen LogP contribution in [0.2, 0.25) is 0 Å². The van der Waals surface area contributed by atoms with Crippen molar-refractivity contribution in [3.05, 3.63) is 23.0 Å². The maximum Gasteiger partial charge on any atom is 0.305 e. The molecule has 8 nitrogen and oxygen atoms in total. The number of carbonyl (C=O) groups excluding carboxylic acids is 1. The van der Waals surface area contributed by atoms with Gasteiger partial charge in [0.15, 0.2) is 5.65 Å². The van der Waals surface area contributed by atoms with Crippen LogP contribution in [-0.2, 0) is 16.6 Å². The quantitative estimate of drug-likeness (QED) is 0.860. The largest absolute Gasteiger partial charge is 0.481 e. The van der Waals surface area contributed by atoms with Gasteiger partial charge in [0.1, 0.15) is 0 Å². The molecule has 144 valence electrons. The lowest BCUT2D eigenvalue weighted by Crippen LogP contribution is -2.37. The van der Waals surface area contributed by atoms with Crippen molar-refractivity contribution in [2.45, 2.75) is 50.7 Å². The van der Waals surface area contributed by atoms with E-state index in [4.69, 9.17) is 9.72 Å². The van der Waals surface area contributed by atoms with Crippen molar-refractivity contribution >= 4 is 22.9 Å². The molecule has 1 aliphatic carbocycles. The Balaban J connectivity index is 1.78. The standard InChI is InChI=1S/C19H24N4O4/c1-10-17-14(8-15(11-4-5-11)20-18(17)22(2)21-10)19(26)23-9-13(27-3)6-12(23)7-16(24)25/h8,11-13H,4-7,9H2,1-3H3,(H,24,25). The molecule has 1 saturated heterocycles. The summed E-state index contributed by atoms with van der Waals surface area (Å²) in [6.45, 7) is 2.27. The summed E-state index contributed by atoms with van der Waals surface area (Å²) in [4.78, 5) is 31.1. The first-order valence-electron chi connectivity index (χ1n) is 9.28. The van der Waals surface area contributed by atoms with E-state index in [1.165, 1.54) is 0 Å². The molecule has 27 heavy (non-hydrogen) atoms. The molecule has 1 amide bonds. The lowest BCUT2D eigenvalue weighted by Gasteiger charge is -2.24. The summed E-state index contributed by atoms with van der Waals surface area (Å²) in [7, 11) is 3.43. The van der Waals surface area contributed by atoms with E-state index in [9.17, 15) is 14.7 Å². The second-order valence-corrected chi connectivity index (χ2v) is 7.58. The first kappa shape index (κ1) is 17.9. The Hall–Kier alpha value is -2.48. The van der Waals surface area contributed by atoms with Crippen LogP contribution in [-0.4, -0.2) is 62.4 Å². The highest BCUT2D eigenvalue weighted by molar-refractivity contribution is 6.07. The first-order chi connectivity index (χ1) is 12.9. The first-order valence-corrected chi connectivity index (χ1v) is 9.28. The van der Waals surface area contributed by atoms with Crippen molar-refractivity contribution in [1.82, 2.24) is 19.7 Å². The Morgan fingerprint density at radius 2 is 2.11 bits per heavy atom. The maximum absolute atomic E-state index is 13.5. The van der Waals surface area contributed by atoms with Crippen LogP contribution in [0.3, 0.4) is 0 Å². The monoisotopic (exact) mass is 372 g/mol. The minimum Gasteiger partial charge on any atom is -0.481 e. The molecule has 0 spiro atoms. The molecular formula is C19H24N4O4. The third-order valence-corrected chi connectivity index (χ3v) is 5.60. The molecule has 3 heterocycles. The number of nitrogens with zero attached hydrogens (tertiary/aromatic N) is 4. The molecule has 0 aromatic carbocycles. The molecule has 0 radical (unpaired) electrons. The smallest absolute Gasteiger partial charge is 0.305 e. The highest BCUT2D eigenvalue weighted by Crippen LogP contribution is 2.41. The number of likely N-dealkylation sites (tertiary alicyclic amines) is 1. The molecule has 4 rings (SSSR count). The van der Waals surface area contributed by atoms with Crippen molar-refractivity contribution in [2.24, 2.45) is 7.05 Å². The average Bonchev–Trinajstić information content (AvgIpc) is 3.34. The van der Waals surface area contributed by atoms with E-state index in [-0.39, 0.29) is 24.5 Å². The summed E-state index contributed by atoms with van der Waals surface area (Å²) in [5, 5.41) is 14.4. The van der Waals surface area contributed by atoms with Gasteiger partial charge in [-0.3, -0.25) is 14.3 Å². The Kier molecular flexibility index (Phi) is 4.38. The summed E-state index contributed by atoms with van der Waals surface area (Å²) in [6, 6.07) is 1.51. The fraction of sp³-hybridized carbons (Fsp3) is 0.579. The highest BCUT2D eigenvalue weighted by atomic mass is 16.5. The number of aliphatic carboxylic acids is 1. The van der Waals surface area contributed by atoms with Gasteiger partial charge in [-0.05, 0) is 32.3 Å². The molecule has 1 N–H and O–H groups in total. The molecule has 1 aliphatic heterocycles. The topological polar surface area (TPSA) is 97.6 Å². The molecule has 2 aliphatic rings. The zero-order chi connectivity index (χ0) is 19.3. The van der Waals surface area contributed by atoms with Crippen molar-refractivity contribution in [3.63, 3.8) is 0 Å². The molecule has 2 aromatic rings. The van der Waals surface area contributed by atoms with Gasteiger partial charge in [-0.2, -0.15) is 5.10 Å². The van der Waals surface area contributed by atoms with E-state index in [0.29, 0.717) is 30.1 Å². The number of carbonyl (C=O) groups is 2. The van der Waals surface area contributed by atoms with Gasteiger partial charge in [-0.1, -0.05) is 0 Å². The zero-order valence-electron chi connectivity index (χ0n) is 15.8. The summed E-state index contributed by atoms with van der Waals surface area (Å²) < 4.78 is 7.12. The summed E-state index contributed by atoms with van der Waals surface area (Å²) >= 11 is 0. The Labute approximate surface area is 157 Å². The second kappa shape index (κ2) is 6.60. The number of hydrogen-bond donors (Lipinski definition) is 1. The predicted octanol–water partition coefficient (Wildman–Crippen LogP) is 1.86. The number of rotatable bonds is 5. The number of hydrogen-bond acceptors (Lipinski definition) is 5. The van der Waals surface area contributed by atoms with E-state index in [1.807, 2.05) is 20.0 Å². The lowest BCUT2D eigenvalue weighted by atomic mass is 10.1. The Morgan fingerprint density at radius 3 is 2.74 bits per heavy atom. The van der Waals surface area contributed by atoms with E-state index in [0.717, 1.165) is 29.6 Å². The Morgan fingerprint density at radius 1 is 1.37 bits per heavy atom. The number of aromatic nitrogens is 3. The van der Waals surface area contributed by atoms with Crippen LogP contribution in [0.4, 0.5) is 0 Å². The molecule has 2 fully saturated rings. The third-order valence-electron chi connectivity index (χ3n) is 5.60. The van der Waals surface area contributed by atoms with Crippen LogP contribution in [0.15, 0.2) is 6.07 Å². The fourth-order valence-electron chi connectivity index (χ4n) is 4.06. The molecular weight excluding hydrogens is 348 g/mol. The van der Waals surface area contributed by atoms with Crippen LogP contribution in [0.1, 0.15) is 53.3 Å². The number of amides is 1. The third kappa shape index (κ3) is 3.18. The second-order valence-electron chi connectivity index (χ2n) is 7.58. The number of methoxy groups -OCH3 is 1. The maximum atomic E-state index is 13.5. The molecule has 8 heteroatoms. The van der Waals surface area contributed by atoms with Crippen LogP contribution in [0.25, 0.3) is 11.0 Å². The van der Waals surface area contributed by atoms with Gasteiger partial charge in [-0.25, -0.2) is 4.98 Å². The summed E-state index contributed by atoms with van der Waals surface area (Å²) in [5.74, 6) is -0.673. The summed E-state index contributed by atoms with van der Waals surface area (Å²) in [5.41, 5.74) is 2.95. The minimum absolute atomic E-state index is 0.0820. The van der Waals surface area contributed by atoms with Gasteiger partial charge in [0.2, 0.25) is 0 Å². The molecule has 1 saturated carbocycles. The van der Waals surface area contributed by atoms with Crippen molar-refractivity contribution in [3.8, 4) is 0 Å². The van der Waals surface area contributed by atoms with Crippen LogP contribution >= 0.6 is 0 Å². The predicted molar refractivity (Wildman–Crippen MR) is 97.7 cm³/mol. The van der Waals surface area contributed by atoms with Gasteiger partial charge in [0.25, 0.3) is 5.91 Å².